The Morgan fingerprint density at radius 1 is 0.906 bits per heavy atom. The summed E-state index contributed by atoms with van der Waals surface area (Å²) < 4.78 is 5.73. The molecule has 1 atom stereocenters. The van der Waals surface area contributed by atoms with E-state index < -0.39 is 0 Å². The molecule has 3 aromatic rings. The number of carbonyl (C=O) groups excluding carboxylic acids is 1. The number of rotatable bonds is 3. The van der Waals surface area contributed by atoms with Crippen LogP contribution in [0.25, 0.3) is 16.7 Å². The van der Waals surface area contributed by atoms with Gasteiger partial charge < -0.3 is 9.84 Å². The molecule has 0 fully saturated rings. The highest BCUT2D eigenvalue weighted by Gasteiger charge is 2.26. The topological polar surface area (TPSA) is 46.5 Å². The largest absolute Gasteiger partial charge is 0.508 e. The van der Waals surface area contributed by atoms with Gasteiger partial charge in [-0.15, -0.1) is 0 Å². The van der Waals surface area contributed by atoms with Crippen molar-refractivity contribution in [3.63, 3.8) is 0 Å². The van der Waals surface area contributed by atoms with Crippen molar-refractivity contribution in [2.24, 2.45) is 0 Å². The van der Waals surface area contributed by atoms with Crippen LogP contribution in [0.2, 0.25) is 0 Å². The predicted molar refractivity (Wildman–Crippen MR) is 128 cm³/mol. The van der Waals surface area contributed by atoms with E-state index in [2.05, 4.69) is 44.2 Å². The number of aryl methyl sites for hydroxylation is 1. The number of carbonyl (C=O) groups is 1. The smallest absolute Gasteiger partial charge is 0.343 e. The molecule has 0 saturated carbocycles. The maximum Gasteiger partial charge on any atom is 0.343 e. The Morgan fingerprint density at radius 2 is 1.62 bits per heavy atom. The Morgan fingerprint density at radius 3 is 2.41 bits per heavy atom. The van der Waals surface area contributed by atoms with Gasteiger partial charge >= 0.3 is 5.97 Å². The molecule has 158 valence electrons. The van der Waals surface area contributed by atoms with Gasteiger partial charge in [0.2, 0.25) is 0 Å². The van der Waals surface area contributed by atoms with E-state index in [0.29, 0.717) is 17.7 Å². The number of phenols is 1. The van der Waals surface area contributed by atoms with Gasteiger partial charge in [0.25, 0.3) is 0 Å². The Bertz CT molecular complexity index is 1310. The minimum Gasteiger partial charge on any atom is -0.508 e. The van der Waals surface area contributed by atoms with E-state index in [1.54, 1.807) is 6.07 Å². The monoisotopic (exact) mass is 420 g/mol. The fraction of sp³-hybridized carbons (Fsp3) is 0.138. The molecular formula is C29H24O3. The Balaban J connectivity index is 1.33. The summed E-state index contributed by atoms with van der Waals surface area (Å²) in [6.45, 7) is 4.17. The van der Waals surface area contributed by atoms with E-state index >= 15 is 0 Å². The average Bonchev–Trinajstić information content (AvgIpc) is 2.95. The molecule has 32 heavy (non-hydrogen) atoms. The maximum absolute atomic E-state index is 12.9. The molecule has 3 heteroatoms. The van der Waals surface area contributed by atoms with Gasteiger partial charge in [0.15, 0.2) is 0 Å². The highest BCUT2D eigenvalue weighted by atomic mass is 16.5. The third-order valence-corrected chi connectivity index (χ3v) is 6.23. The first kappa shape index (κ1) is 20.1. The van der Waals surface area contributed by atoms with Crippen LogP contribution >= 0.6 is 0 Å². The van der Waals surface area contributed by atoms with Gasteiger partial charge in [-0.25, -0.2) is 4.79 Å². The van der Waals surface area contributed by atoms with Gasteiger partial charge in [0.05, 0.1) is 5.57 Å². The third-order valence-electron chi connectivity index (χ3n) is 6.23. The van der Waals surface area contributed by atoms with E-state index in [1.807, 2.05) is 48.6 Å². The molecule has 5 rings (SSSR count). The normalized spacial score (nSPS) is 16.5. The number of benzene rings is 3. The molecule has 1 N–H and O–H groups in total. The lowest BCUT2D eigenvalue weighted by Gasteiger charge is -2.09. The molecule has 0 radical (unpaired) electrons. The second-order valence-corrected chi connectivity index (χ2v) is 8.39. The summed E-state index contributed by atoms with van der Waals surface area (Å²) >= 11 is 0. The quantitative estimate of drug-likeness (QED) is 0.378. The molecule has 0 heterocycles. The van der Waals surface area contributed by atoms with Crippen LogP contribution in [-0.2, 0) is 4.79 Å². The zero-order chi connectivity index (χ0) is 22.2. The van der Waals surface area contributed by atoms with Gasteiger partial charge in [0, 0.05) is 5.92 Å². The first-order valence-electron chi connectivity index (χ1n) is 10.8. The number of aromatic hydroxyl groups is 1. The van der Waals surface area contributed by atoms with E-state index in [9.17, 15) is 9.90 Å². The lowest BCUT2D eigenvalue weighted by Crippen LogP contribution is -2.10. The Labute approximate surface area is 188 Å². The van der Waals surface area contributed by atoms with Crippen LogP contribution < -0.4 is 4.74 Å². The van der Waals surface area contributed by atoms with Gasteiger partial charge in [-0.3, -0.25) is 0 Å². The highest BCUT2D eigenvalue weighted by molar-refractivity contribution is 5.95. The fourth-order valence-electron chi connectivity index (χ4n) is 4.43. The fourth-order valence-corrected chi connectivity index (χ4v) is 4.43. The molecule has 3 aromatic carbocycles. The number of ether oxygens (including phenoxy) is 1. The van der Waals surface area contributed by atoms with E-state index in [1.165, 1.54) is 5.56 Å². The average molecular weight is 421 g/mol. The lowest BCUT2D eigenvalue weighted by atomic mass is 9.99. The molecule has 2 aliphatic carbocycles. The van der Waals surface area contributed by atoms with Crippen molar-refractivity contribution in [2.45, 2.75) is 26.2 Å². The number of hydrogen-bond donors (Lipinski definition) is 1. The molecule has 0 spiro atoms. The van der Waals surface area contributed by atoms with E-state index in [-0.39, 0.29) is 17.6 Å². The molecule has 0 bridgehead atoms. The second-order valence-electron chi connectivity index (χ2n) is 8.39. The first-order chi connectivity index (χ1) is 15.5. The van der Waals surface area contributed by atoms with Crippen LogP contribution in [-0.4, -0.2) is 11.1 Å². The highest BCUT2D eigenvalue weighted by Crippen LogP contribution is 2.46. The van der Waals surface area contributed by atoms with Crippen LogP contribution in [0.3, 0.4) is 0 Å². The van der Waals surface area contributed by atoms with Crippen molar-refractivity contribution >= 4 is 11.5 Å². The number of esters is 1. The number of hydrogen-bond acceptors (Lipinski definition) is 3. The van der Waals surface area contributed by atoms with Crippen molar-refractivity contribution in [3.05, 3.63) is 113 Å². The third kappa shape index (κ3) is 3.67. The summed E-state index contributed by atoms with van der Waals surface area (Å²) in [4.78, 5) is 12.9. The molecule has 0 saturated heterocycles. The number of phenolic OH excluding ortho intramolecular Hbond substituents is 1. The SMILES string of the molecule is Cc1ccc(C2=CCC=C(C(=O)Oc3ccc4c(c3)C(C)c3cc(O)ccc3-4)C=C2)cc1. The van der Waals surface area contributed by atoms with Crippen LogP contribution in [0.4, 0.5) is 0 Å². The summed E-state index contributed by atoms with van der Waals surface area (Å²) in [6.07, 6.45) is 8.48. The van der Waals surface area contributed by atoms with Gasteiger partial charge in [-0.05, 0) is 77.1 Å². The Hall–Kier alpha value is -3.85. The van der Waals surface area contributed by atoms with Crippen LogP contribution in [0.5, 0.6) is 11.5 Å². The molecule has 2 aliphatic rings. The summed E-state index contributed by atoms with van der Waals surface area (Å²) in [7, 11) is 0. The minimum absolute atomic E-state index is 0.129. The van der Waals surface area contributed by atoms with Crippen molar-refractivity contribution in [3.8, 4) is 22.6 Å². The zero-order valence-electron chi connectivity index (χ0n) is 18.1. The van der Waals surface area contributed by atoms with Crippen molar-refractivity contribution < 1.29 is 14.6 Å². The maximum atomic E-state index is 12.9. The van der Waals surface area contributed by atoms with Crippen LogP contribution in [0.15, 0.2) is 90.5 Å². The van der Waals surface area contributed by atoms with Gasteiger partial charge in [-0.2, -0.15) is 0 Å². The molecule has 1 unspecified atom stereocenters. The lowest BCUT2D eigenvalue weighted by molar-refractivity contribution is -0.129. The van der Waals surface area contributed by atoms with Crippen molar-refractivity contribution in [1.82, 2.24) is 0 Å². The number of allylic oxidation sites excluding steroid dienone is 4. The summed E-state index contributed by atoms with van der Waals surface area (Å²) in [5.74, 6) is 0.563. The minimum atomic E-state index is -0.361. The zero-order valence-corrected chi connectivity index (χ0v) is 18.1. The number of fused-ring (bicyclic) bond motifs is 3. The van der Waals surface area contributed by atoms with Crippen molar-refractivity contribution in [2.75, 3.05) is 0 Å². The molecule has 3 nitrogen and oxygen atoms in total. The summed E-state index contributed by atoms with van der Waals surface area (Å²) in [5, 5.41) is 9.85. The molecule has 0 amide bonds. The first-order valence-corrected chi connectivity index (χ1v) is 10.8. The summed E-state index contributed by atoms with van der Waals surface area (Å²) in [5.41, 5.74) is 8.42. The van der Waals surface area contributed by atoms with Gasteiger partial charge in [-0.1, -0.05) is 67.1 Å². The molecule has 0 aliphatic heterocycles. The Kier molecular flexibility index (Phi) is 5.02. The molecule has 0 aromatic heterocycles. The van der Waals surface area contributed by atoms with Crippen molar-refractivity contribution in [1.29, 1.82) is 0 Å². The van der Waals surface area contributed by atoms with Gasteiger partial charge in [0.1, 0.15) is 11.5 Å². The van der Waals surface area contributed by atoms with Crippen LogP contribution in [0.1, 0.15) is 41.5 Å². The second kappa shape index (κ2) is 8.01. The van der Waals surface area contributed by atoms with E-state index in [0.717, 1.165) is 33.4 Å². The predicted octanol–water partition coefficient (Wildman–Crippen LogP) is 6.71. The van der Waals surface area contributed by atoms with Crippen LogP contribution in [0, 0.1) is 6.92 Å². The summed E-state index contributed by atoms with van der Waals surface area (Å²) in [6, 6.07) is 19.6. The van der Waals surface area contributed by atoms with E-state index in [4.69, 9.17) is 4.74 Å². The standard InChI is InChI=1S/C29H24O3/c1-18-6-8-21(9-7-18)20-4-3-5-22(11-10-20)29(31)32-24-13-15-26-25-14-12-23(30)16-27(25)19(2)28(26)17-24/h4-17,19,30H,3H2,1-2H3. The molecular weight excluding hydrogens is 396 g/mol.